The fourth-order valence-electron chi connectivity index (χ4n) is 2.33. The number of ether oxygens (including phenoxy) is 1. The van der Waals surface area contributed by atoms with Crippen molar-refractivity contribution in [3.8, 4) is 5.75 Å². The zero-order valence-electron chi connectivity index (χ0n) is 11.4. The number of rotatable bonds is 3. The number of nitrogens with two attached hydrogens (primary N) is 1. The molecule has 6 heteroatoms. The number of hydrogen-bond donors (Lipinski definition) is 1. The Morgan fingerprint density at radius 3 is 2.76 bits per heavy atom. The number of benzene rings is 1. The number of carbonyl (C=O) groups is 1. The smallest absolute Gasteiger partial charge is 0.265 e. The van der Waals surface area contributed by atoms with Crippen molar-refractivity contribution in [2.45, 2.75) is 6.54 Å². The Hall–Kier alpha value is -2.76. The molecule has 1 aromatic carbocycles. The van der Waals surface area contributed by atoms with Gasteiger partial charge in [-0.05, 0) is 18.2 Å². The fraction of sp³-hybridized carbons (Fsp3) is 0.200. The molecule has 0 spiro atoms. The number of aromatic nitrogens is 1. The van der Waals surface area contributed by atoms with Crippen LogP contribution >= 0.6 is 0 Å². The van der Waals surface area contributed by atoms with E-state index in [2.05, 4.69) is 0 Å². The summed E-state index contributed by atoms with van der Waals surface area (Å²) in [4.78, 5) is 25.4. The summed E-state index contributed by atoms with van der Waals surface area (Å²) in [6, 6.07) is 10.3. The quantitative estimate of drug-likeness (QED) is 0.907. The third kappa shape index (κ3) is 2.60. The number of carbonyl (C=O) groups excluding carboxylic acids is 1. The van der Waals surface area contributed by atoms with Crippen molar-refractivity contribution in [3.63, 3.8) is 0 Å². The van der Waals surface area contributed by atoms with E-state index in [0.29, 0.717) is 24.5 Å². The molecule has 0 saturated heterocycles. The Balaban J connectivity index is 1.83. The van der Waals surface area contributed by atoms with Gasteiger partial charge in [-0.15, -0.1) is 0 Å². The zero-order chi connectivity index (χ0) is 14.8. The van der Waals surface area contributed by atoms with E-state index in [-0.39, 0.29) is 18.1 Å². The van der Waals surface area contributed by atoms with Gasteiger partial charge in [0.25, 0.3) is 11.5 Å². The first-order valence-electron chi connectivity index (χ1n) is 6.63. The van der Waals surface area contributed by atoms with Gasteiger partial charge in [-0.25, -0.2) is 0 Å². The molecule has 6 nitrogen and oxygen atoms in total. The highest BCUT2D eigenvalue weighted by atomic mass is 16.5. The minimum Gasteiger partial charge on any atom is -0.482 e. The van der Waals surface area contributed by atoms with Crippen molar-refractivity contribution in [3.05, 3.63) is 52.9 Å². The van der Waals surface area contributed by atoms with Crippen molar-refractivity contribution in [1.29, 1.82) is 0 Å². The summed E-state index contributed by atoms with van der Waals surface area (Å²) in [7, 11) is 0. The van der Waals surface area contributed by atoms with Crippen LogP contribution in [-0.2, 0) is 11.3 Å². The van der Waals surface area contributed by atoms with E-state index >= 15 is 0 Å². The molecule has 0 fully saturated rings. The van der Waals surface area contributed by atoms with Gasteiger partial charge in [-0.2, -0.15) is 0 Å². The molecule has 1 amide bonds. The van der Waals surface area contributed by atoms with Crippen LogP contribution in [0.1, 0.15) is 0 Å². The summed E-state index contributed by atoms with van der Waals surface area (Å²) >= 11 is 0. The van der Waals surface area contributed by atoms with Crippen molar-refractivity contribution in [2.24, 2.45) is 0 Å². The average Bonchev–Trinajstić information content (AvgIpc) is 2.49. The molecule has 1 aliphatic rings. The van der Waals surface area contributed by atoms with Gasteiger partial charge in [0, 0.05) is 31.0 Å². The number of nitrogens with zero attached hydrogens (tertiary/aromatic N) is 2. The highest BCUT2D eigenvalue weighted by Gasteiger charge is 2.24. The van der Waals surface area contributed by atoms with Crippen molar-refractivity contribution >= 4 is 17.3 Å². The summed E-state index contributed by atoms with van der Waals surface area (Å²) in [6.45, 7) is 0.787. The molecule has 108 valence electrons. The number of pyridine rings is 1. The van der Waals surface area contributed by atoms with E-state index in [1.807, 2.05) is 24.3 Å². The third-order valence-corrected chi connectivity index (χ3v) is 3.38. The van der Waals surface area contributed by atoms with E-state index in [4.69, 9.17) is 10.5 Å². The number of hydrogen-bond acceptors (Lipinski definition) is 4. The Morgan fingerprint density at radius 1 is 1.10 bits per heavy atom. The van der Waals surface area contributed by atoms with Crippen LogP contribution in [0.3, 0.4) is 0 Å². The zero-order valence-corrected chi connectivity index (χ0v) is 11.4. The number of anilines is 2. The van der Waals surface area contributed by atoms with Gasteiger partial charge in [0.05, 0.1) is 5.69 Å². The summed E-state index contributed by atoms with van der Waals surface area (Å²) in [5, 5.41) is 0. The maximum absolute atomic E-state index is 12.0. The molecule has 0 saturated carbocycles. The van der Waals surface area contributed by atoms with E-state index in [0.717, 1.165) is 5.69 Å². The lowest BCUT2D eigenvalue weighted by Gasteiger charge is -2.29. The Bertz CT molecular complexity index is 739. The maximum Gasteiger partial charge on any atom is 0.265 e. The van der Waals surface area contributed by atoms with Gasteiger partial charge in [-0.3, -0.25) is 9.59 Å². The van der Waals surface area contributed by atoms with Crippen molar-refractivity contribution in [1.82, 2.24) is 4.57 Å². The normalized spacial score (nSPS) is 13.7. The number of fused-ring (bicyclic) bond motifs is 1. The van der Waals surface area contributed by atoms with Crippen LogP contribution in [0.4, 0.5) is 11.4 Å². The van der Waals surface area contributed by atoms with Crippen molar-refractivity contribution < 1.29 is 9.53 Å². The lowest BCUT2D eigenvalue weighted by molar-refractivity contribution is -0.121. The Morgan fingerprint density at radius 2 is 1.90 bits per heavy atom. The minimum absolute atomic E-state index is 0.0167. The van der Waals surface area contributed by atoms with Gasteiger partial charge in [-0.1, -0.05) is 12.1 Å². The molecular formula is C15H15N3O3. The molecule has 0 radical (unpaired) electrons. The number of nitrogen functional groups attached to an aromatic ring is 1. The van der Waals surface area contributed by atoms with Crippen LogP contribution < -0.4 is 20.9 Å². The van der Waals surface area contributed by atoms with Crippen LogP contribution in [0.25, 0.3) is 0 Å². The van der Waals surface area contributed by atoms with Gasteiger partial charge >= 0.3 is 0 Å². The van der Waals surface area contributed by atoms with Gasteiger partial charge in [0.2, 0.25) is 0 Å². The number of amides is 1. The van der Waals surface area contributed by atoms with E-state index in [1.54, 1.807) is 17.2 Å². The van der Waals surface area contributed by atoms with Crippen LogP contribution in [-0.4, -0.2) is 23.6 Å². The summed E-state index contributed by atoms with van der Waals surface area (Å²) in [5.74, 6) is 0.558. The second-order valence-corrected chi connectivity index (χ2v) is 4.80. The monoisotopic (exact) mass is 285 g/mol. The lowest BCUT2D eigenvalue weighted by Crippen LogP contribution is -2.41. The highest BCUT2D eigenvalue weighted by molar-refractivity contribution is 5.97. The van der Waals surface area contributed by atoms with E-state index in [1.165, 1.54) is 10.6 Å². The minimum atomic E-state index is -0.141. The molecule has 2 N–H and O–H groups in total. The van der Waals surface area contributed by atoms with Gasteiger partial charge in [0.1, 0.15) is 5.75 Å². The molecular weight excluding hydrogens is 270 g/mol. The lowest BCUT2D eigenvalue weighted by atomic mass is 10.2. The standard InChI is InChI=1S/C15H15N3O3/c16-11-5-6-14(19)17(9-11)7-8-18-12-3-1-2-4-13(12)21-10-15(18)20/h1-6,9H,7-8,10,16H2. The second kappa shape index (κ2) is 5.32. The average molecular weight is 285 g/mol. The van der Waals surface area contributed by atoms with E-state index < -0.39 is 0 Å². The fourth-order valence-corrected chi connectivity index (χ4v) is 2.33. The third-order valence-electron chi connectivity index (χ3n) is 3.38. The Labute approximate surface area is 121 Å². The molecule has 21 heavy (non-hydrogen) atoms. The van der Waals surface area contributed by atoms with Crippen LogP contribution in [0.15, 0.2) is 47.4 Å². The molecule has 0 atom stereocenters. The first kappa shape index (κ1) is 13.2. The summed E-state index contributed by atoms with van der Waals surface area (Å²) in [6.07, 6.45) is 1.58. The summed E-state index contributed by atoms with van der Waals surface area (Å²) < 4.78 is 6.88. The van der Waals surface area contributed by atoms with Crippen LogP contribution in [0.5, 0.6) is 5.75 Å². The SMILES string of the molecule is Nc1ccc(=O)n(CCN2C(=O)COc3ccccc32)c1. The maximum atomic E-state index is 12.0. The molecule has 0 aliphatic carbocycles. The first-order valence-corrected chi connectivity index (χ1v) is 6.63. The molecule has 0 unspecified atom stereocenters. The second-order valence-electron chi connectivity index (χ2n) is 4.80. The number of para-hydroxylation sites is 2. The first-order chi connectivity index (χ1) is 10.1. The summed E-state index contributed by atoms with van der Waals surface area (Å²) in [5.41, 5.74) is 6.78. The molecule has 2 heterocycles. The Kier molecular flexibility index (Phi) is 3.35. The van der Waals surface area contributed by atoms with Crippen LogP contribution in [0.2, 0.25) is 0 Å². The molecule has 3 rings (SSSR count). The largest absolute Gasteiger partial charge is 0.482 e. The molecule has 0 bridgehead atoms. The van der Waals surface area contributed by atoms with E-state index in [9.17, 15) is 9.59 Å². The van der Waals surface area contributed by atoms with Gasteiger partial charge < -0.3 is 19.9 Å². The van der Waals surface area contributed by atoms with Crippen molar-refractivity contribution in [2.75, 3.05) is 23.8 Å². The topological polar surface area (TPSA) is 77.6 Å². The van der Waals surface area contributed by atoms with Gasteiger partial charge in [0.15, 0.2) is 6.61 Å². The molecule has 1 aromatic heterocycles. The molecule has 2 aromatic rings. The molecule has 1 aliphatic heterocycles. The van der Waals surface area contributed by atoms with Crippen LogP contribution in [0, 0.1) is 0 Å². The highest BCUT2D eigenvalue weighted by Crippen LogP contribution is 2.31. The predicted molar refractivity (Wildman–Crippen MR) is 79.4 cm³/mol. The predicted octanol–water partition coefficient (Wildman–Crippen LogP) is 0.856.